The smallest absolute Gasteiger partial charge is 0.254 e. The molecule has 120 valence electrons. The molecule has 1 amide bonds. The molecular weight excluding hydrogens is 422 g/mol. The average molecular weight is 439 g/mol. The summed E-state index contributed by atoms with van der Waals surface area (Å²) < 4.78 is 1.70. The Balaban J connectivity index is 1.85. The minimum Gasteiger partial charge on any atom is -0.383 e. The Morgan fingerprint density at radius 2 is 1.74 bits per heavy atom. The van der Waals surface area contributed by atoms with E-state index in [0.717, 1.165) is 20.9 Å². The van der Waals surface area contributed by atoms with E-state index in [-0.39, 0.29) is 5.91 Å². The van der Waals surface area contributed by atoms with Crippen LogP contribution in [0.5, 0.6) is 0 Å². The summed E-state index contributed by atoms with van der Waals surface area (Å²) in [7, 11) is 0. The van der Waals surface area contributed by atoms with Crippen LogP contribution in [0.25, 0.3) is 0 Å². The molecule has 1 atom stereocenters. The van der Waals surface area contributed by atoms with Crippen molar-refractivity contribution >= 4 is 37.8 Å². The van der Waals surface area contributed by atoms with Gasteiger partial charge in [-0.1, -0.05) is 62.2 Å². The minimum atomic E-state index is -0.974. The van der Waals surface area contributed by atoms with Gasteiger partial charge in [-0.15, -0.1) is 0 Å². The molecule has 0 spiro atoms. The molecule has 0 radical (unpaired) electrons. The zero-order chi connectivity index (χ0) is 16.4. The largest absolute Gasteiger partial charge is 0.383 e. The molecule has 3 rings (SSSR count). The standard InChI is InChI=1S/C18H17Br2NO2/c19-15-9-13(10-16(20)11-15)17(22)21-8-4-7-18(23,12-21)14-5-2-1-3-6-14/h1-3,5-6,9-11,23H,4,7-8,12H2. The van der Waals surface area contributed by atoms with Crippen LogP contribution in [0.1, 0.15) is 28.8 Å². The highest BCUT2D eigenvalue weighted by Crippen LogP contribution is 2.32. The van der Waals surface area contributed by atoms with Crippen molar-refractivity contribution < 1.29 is 9.90 Å². The molecule has 1 unspecified atom stereocenters. The summed E-state index contributed by atoms with van der Waals surface area (Å²) in [6.45, 7) is 0.984. The van der Waals surface area contributed by atoms with Crippen molar-refractivity contribution in [1.82, 2.24) is 4.90 Å². The Labute approximate surface area is 152 Å². The Kier molecular flexibility index (Phi) is 4.90. The number of carbonyl (C=O) groups excluding carboxylic acids is 1. The van der Waals surface area contributed by atoms with Gasteiger partial charge in [0.05, 0.1) is 6.54 Å². The summed E-state index contributed by atoms with van der Waals surface area (Å²) in [4.78, 5) is 14.5. The highest BCUT2D eigenvalue weighted by Gasteiger charge is 2.36. The molecule has 1 heterocycles. The van der Waals surface area contributed by atoms with Crippen LogP contribution < -0.4 is 0 Å². The van der Waals surface area contributed by atoms with Gasteiger partial charge in [-0.3, -0.25) is 4.79 Å². The second kappa shape index (κ2) is 6.75. The Morgan fingerprint density at radius 3 is 2.39 bits per heavy atom. The van der Waals surface area contributed by atoms with Crippen molar-refractivity contribution in [2.75, 3.05) is 13.1 Å². The third kappa shape index (κ3) is 3.67. The maximum atomic E-state index is 12.8. The summed E-state index contributed by atoms with van der Waals surface area (Å²) in [6.07, 6.45) is 1.45. The SMILES string of the molecule is O=C(c1cc(Br)cc(Br)c1)N1CCCC(O)(c2ccccc2)C1. The van der Waals surface area contributed by atoms with E-state index in [4.69, 9.17) is 0 Å². The fraction of sp³-hybridized carbons (Fsp3) is 0.278. The highest BCUT2D eigenvalue weighted by molar-refractivity contribution is 9.11. The van der Waals surface area contributed by atoms with Crippen molar-refractivity contribution in [3.8, 4) is 0 Å². The second-order valence-corrected chi connectivity index (χ2v) is 7.72. The Bertz CT molecular complexity index is 700. The second-order valence-electron chi connectivity index (χ2n) is 5.89. The molecule has 2 aromatic carbocycles. The number of benzene rings is 2. The van der Waals surface area contributed by atoms with E-state index >= 15 is 0 Å². The van der Waals surface area contributed by atoms with Gasteiger partial charge in [-0.25, -0.2) is 0 Å². The van der Waals surface area contributed by atoms with Crippen molar-refractivity contribution in [3.05, 3.63) is 68.6 Å². The maximum absolute atomic E-state index is 12.8. The molecule has 2 aromatic rings. The number of halogens is 2. The molecule has 0 aromatic heterocycles. The van der Waals surface area contributed by atoms with Gasteiger partial charge in [-0.05, 0) is 36.6 Å². The van der Waals surface area contributed by atoms with Crippen LogP contribution in [-0.4, -0.2) is 29.0 Å². The molecule has 5 heteroatoms. The summed E-state index contributed by atoms with van der Waals surface area (Å²) in [5, 5.41) is 11.0. The Hall–Kier alpha value is -1.17. The van der Waals surface area contributed by atoms with Crippen LogP contribution >= 0.6 is 31.9 Å². The first-order valence-corrected chi connectivity index (χ1v) is 9.10. The zero-order valence-electron chi connectivity index (χ0n) is 12.5. The summed E-state index contributed by atoms with van der Waals surface area (Å²) >= 11 is 6.83. The monoisotopic (exact) mass is 437 g/mol. The number of rotatable bonds is 2. The van der Waals surface area contributed by atoms with Crippen LogP contribution in [0.15, 0.2) is 57.5 Å². The zero-order valence-corrected chi connectivity index (χ0v) is 15.7. The predicted octanol–water partition coefficient (Wildman–Crippen LogP) is 4.34. The molecule has 1 saturated heterocycles. The fourth-order valence-electron chi connectivity index (χ4n) is 3.05. The quantitative estimate of drug-likeness (QED) is 0.757. The number of carbonyl (C=O) groups is 1. The van der Waals surface area contributed by atoms with E-state index in [1.807, 2.05) is 48.5 Å². The molecule has 0 aliphatic carbocycles. The van der Waals surface area contributed by atoms with Gasteiger partial charge in [0.2, 0.25) is 0 Å². The van der Waals surface area contributed by atoms with Gasteiger partial charge < -0.3 is 10.0 Å². The number of β-amino-alcohol motifs (C(OH)–C–C–N with tert-alkyl or cyclic N) is 1. The highest BCUT2D eigenvalue weighted by atomic mass is 79.9. The number of piperidine rings is 1. The van der Waals surface area contributed by atoms with Gasteiger partial charge in [0.15, 0.2) is 0 Å². The van der Waals surface area contributed by atoms with Gasteiger partial charge in [0, 0.05) is 21.1 Å². The summed E-state index contributed by atoms with van der Waals surface area (Å²) in [5.74, 6) is -0.0546. The number of hydrogen-bond acceptors (Lipinski definition) is 2. The van der Waals surface area contributed by atoms with E-state index in [2.05, 4.69) is 31.9 Å². The number of likely N-dealkylation sites (tertiary alicyclic amines) is 1. The van der Waals surface area contributed by atoms with Crippen LogP contribution in [0.4, 0.5) is 0 Å². The van der Waals surface area contributed by atoms with Gasteiger partial charge in [0.1, 0.15) is 5.60 Å². The van der Waals surface area contributed by atoms with E-state index in [0.29, 0.717) is 25.1 Å². The van der Waals surface area contributed by atoms with Gasteiger partial charge >= 0.3 is 0 Å². The van der Waals surface area contributed by atoms with E-state index < -0.39 is 5.60 Å². The average Bonchev–Trinajstić information content (AvgIpc) is 2.54. The van der Waals surface area contributed by atoms with Crippen molar-refractivity contribution in [1.29, 1.82) is 0 Å². The fourth-order valence-corrected chi connectivity index (χ4v) is 4.35. The van der Waals surface area contributed by atoms with Crippen LogP contribution in [0.2, 0.25) is 0 Å². The van der Waals surface area contributed by atoms with Crippen LogP contribution in [0.3, 0.4) is 0 Å². The minimum absolute atomic E-state index is 0.0546. The molecule has 1 fully saturated rings. The van der Waals surface area contributed by atoms with Gasteiger partial charge in [0.25, 0.3) is 5.91 Å². The lowest BCUT2D eigenvalue weighted by atomic mass is 9.85. The van der Waals surface area contributed by atoms with Crippen LogP contribution in [0, 0.1) is 0 Å². The topological polar surface area (TPSA) is 40.5 Å². The van der Waals surface area contributed by atoms with E-state index in [9.17, 15) is 9.90 Å². The third-order valence-electron chi connectivity index (χ3n) is 4.18. The normalized spacial score (nSPS) is 21.3. The summed E-state index contributed by atoms with van der Waals surface area (Å²) in [5.41, 5.74) is 0.509. The predicted molar refractivity (Wildman–Crippen MR) is 97.3 cm³/mol. The third-order valence-corrected chi connectivity index (χ3v) is 5.09. The van der Waals surface area contributed by atoms with Crippen molar-refractivity contribution in [2.24, 2.45) is 0 Å². The van der Waals surface area contributed by atoms with E-state index in [1.165, 1.54) is 0 Å². The lowest BCUT2D eigenvalue weighted by Gasteiger charge is -2.39. The molecule has 1 aliphatic heterocycles. The first-order chi connectivity index (χ1) is 11.0. The lowest BCUT2D eigenvalue weighted by Crippen LogP contribution is -2.48. The molecule has 0 saturated carbocycles. The number of hydrogen-bond donors (Lipinski definition) is 1. The first kappa shape index (κ1) is 16.7. The maximum Gasteiger partial charge on any atom is 0.254 e. The molecule has 0 bridgehead atoms. The summed E-state index contributed by atoms with van der Waals surface area (Å²) in [6, 6.07) is 15.1. The van der Waals surface area contributed by atoms with Crippen LogP contribution in [-0.2, 0) is 5.60 Å². The van der Waals surface area contributed by atoms with Crippen molar-refractivity contribution in [3.63, 3.8) is 0 Å². The number of nitrogens with zero attached hydrogens (tertiary/aromatic N) is 1. The molecule has 23 heavy (non-hydrogen) atoms. The molecule has 1 N–H and O–H groups in total. The lowest BCUT2D eigenvalue weighted by molar-refractivity contribution is -0.0289. The number of aliphatic hydroxyl groups is 1. The number of amides is 1. The molecule has 1 aliphatic rings. The van der Waals surface area contributed by atoms with Crippen molar-refractivity contribution in [2.45, 2.75) is 18.4 Å². The van der Waals surface area contributed by atoms with Gasteiger partial charge in [-0.2, -0.15) is 0 Å². The Morgan fingerprint density at radius 1 is 1.09 bits per heavy atom. The van der Waals surface area contributed by atoms with E-state index in [1.54, 1.807) is 4.90 Å². The molecule has 3 nitrogen and oxygen atoms in total. The molecular formula is C18H17Br2NO2. The first-order valence-electron chi connectivity index (χ1n) is 7.51.